The smallest absolute Gasteiger partial charge is 0.338 e. The van der Waals surface area contributed by atoms with Crippen molar-refractivity contribution in [2.24, 2.45) is 4.99 Å². The third kappa shape index (κ3) is 6.72. The third-order valence-corrected chi connectivity index (χ3v) is 7.86. The number of hydrogen-bond acceptors (Lipinski definition) is 8. The van der Waals surface area contributed by atoms with Gasteiger partial charge in [0.2, 0.25) is 0 Å². The van der Waals surface area contributed by atoms with E-state index >= 15 is 0 Å². The van der Waals surface area contributed by atoms with E-state index in [-0.39, 0.29) is 33.9 Å². The zero-order valence-corrected chi connectivity index (χ0v) is 24.9. The Morgan fingerprint density at radius 2 is 1.95 bits per heavy atom. The van der Waals surface area contributed by atoms with Gasteiger partial charge in [-0.25, -0.2) is 14.2 Å². The van der Waals surface area contributed by atoms with Crippen LogP contribution in [0.1, 0.15) is 50.3 Å². The van der Waals surface area contributed by atoms with Gasteiger partial charge < -0.3 is 18.9 Å². The van der Waals surface area contributed by atoms with Gasteiger partial charge in [0, 0.05) is 12.7 Å². The number of fused-ring (bicyclic) bond motifs is 1. The Labute approximate surface area is 246 Å². The first-order valence-corrected chi connectivity index (χ1v) is 14.4. The molecule has 0 spiro atoms. The molecule has 0 amide bonds. The second-order valence-electron chi connectivity index (χ2n) is 9.31. The number of hydrogen-bond donors (Lipinski definition) is 0. The van der Waals surface area contributed by atoms with Crippen molar-refractivity contribution in [2.45, 2.75) is 39.2 Å². The summed E-state index contributed by atoms with van der Waals surface area (Å²) in [4.78, 5) is 32.1. The average molecular weight is 603 g/mol. The molecule has 8 nitrogen and oxygen atoms in total. The Hall–Kier alpha value is -3.47. The molecule has 0 N–H and O–H groups in total. The van der Waals surface area contributed by atoms with Gasteiger partial charge in [-0.2, -0.15) is 0 Å². The molecule has 2 aromatic carbocycles. The summed E-state index contributed by atoms with van der Waals surface area (Å²) >= 11 is 7.31. The lowest BCUT2D eigenvalue weighted by Crippen LogP contribution is -2.40. The van der Waals surface area contributed by atoms with Crippen molar-refractivity contribution in [3.8, 4) is 11.5 Å². The van der Waals surface area contributed by atoms with Crippen LogP contribution < -0.4 is 24.4 Å². The van der Waals surface area contributed by atoms with Gasteiger partial charge >= 0.3 is 5.97 Å². The molecule has 0 radical (unpaired) electrons. The Bertz CT molecular complexity index is 1610. The summed E-state index contributed by atoms with van der Waals surface area (Å²) in [5.74, 6) is -0.170. The van der Waals surface area contributed by atoms with Crippen LogP contribution in [-0.4, -0.2) is 44.6 Å². The van der Waals surface area contributed by atoms with Crippen LogP contribution >= 0.6 is 22.9 Å². The topological polar surface area (TPSA) is 88.4 Å². The Morgan fingerprint density at radius 1 is 1.15 bits per heavy atom. The molecule has 1 unspecified atom stereocenters. The van der Waals surface area contributed by atoms with Gasteiger partial charge in [-0.3, -0.25) is 9.36 Å². The van der Waals surface area contributed by atoms with Gasteiger partial charge in [0.25, 0.3) is 5.56 Å². The van der Waals surface area contributed by atoms with E-state index in [1.165, 1.54) is 37.0 Å². The maximum atomic E-state index is 14.6. The van der Waals surface area contributed by atoms with E-state index < -0.39 is 23.4 Å². The van der Waals surface area contributed by atoms with Crippen molar-refractivity contribution < 1.29 is 28.1 Å². The van der Waals surface area contributed by atoms with Crippen LogP contribution in [0, 0.1) is 5.82 Å². The van der Waals surface area contributed by atoms with Crippen LogP contribution in [0.4, 0.5) is 4.39 Å². The molecular formula is C30H32ClFN2O6S. The van der Waals surface area contributed by atoms with Gasteiger partial charge in [-0.05, 0) is 49.2 Å². The monoisotopic (exact) mass is 602 g/mol. The molecule has 11 heteroatoms. The maximum Gasteiger partial charge on any atom is 0.338 e. The summed E-state index contributed by atoms with van der Waals surface area (Å²) in [5.41, 5.74) is 0.826. The SMILES string of the molecule is CCCCCOc1ccc(C2C(C(=O)OCCOC)=C(C)N=c3s/c(=C\c4c(F)cccc4Cl)c(=O)n32)cc1OC. The number of unbranched alkanes of at least 4 members (excludes halogenated alkanes) is 2. The molecule has 0 aliphatic carbocycles. The van der Waals surface area contributed by atoms with E-state index in [1.807, 2.05) is 0 Å². The molecule has 41 heavy (non-hydrogen) atoms. The number of carbonyl (C=O) groups excluding carboxylic acids is 1. The lowest BCUT2D eigenvalue weighted by molar-refractivity contribution is -0.140. The van der Waals surface area contributed by atoms with E-state index in [1.54, 1.807) is 31.2 Å². The molecule has 1 atom stereocenters. The Balaban J connectivity index is 1.86. The van der Waals surface area contributed by atoms with Crippen LogP contribution in [0.5, 0.6) is 11.5 Å². The fourth-order valence-corrected chi connectivity index (χ4v) is 5.73. The molecule has 218 valence electrons. The average Bonchev–Trinajstić information content (AvgIpc) is 3.26. The normalized spacial score (nSPS) is 15.0. The molecule has 4 rings (SSSR count). The van der Waals surface area contributed by atoms with Crippen LogP contribution in [-0.2, 0) is 14.3 Å². The third-order valence-electron chi connectivity index (χ3n) is 6.55. The van der Waals surface area contributed by atoms with Crippen molar-refractivity contribution in [3.05, 3.63) is 89.3 Å². The number of ether oxygens (including phenoxy) is 4. The quantitative estimate of drug-likeness (QED) is 0.219. The van der Waals surface area contributed by atoms with Gasteiger partial charge in [0.1, 0.15) is 12.4 Å². The highest BCUT2D eigenvalue weighted by atomic mass is 35.5. The standard InChI is InChI=1S/C30H32ClFN2O6S/c1-5-6-7-13-39-23-12-11-19(16-24(23)38-4)27-26(29(36)40-15-14-37-3)18(2)33-30-34(27)28(35)25(41-30)17-20-21(31)9-8-10-22(20)32/h8-12,16-17,27H,5-7,13-15H2,1-4H3/b25-17-. The molecular weight excluding hydrogens is 571 g/mol. The first kappa shape index (κ1) is 30.5. The number of rotatable bonds is 12. The first-order chi connectivity index (χ1) is 19.8. The highest BCUT2D eigenvalue weighted by Gasteiger charge is 2.34. The molecule has 2 heterocycles. The number of carbonyl (C=O) groups is 1. The number of aromatic nitrogens is 1. The molecule has 0 bridgehead atoms. The van der Waals surface area contributed by atoms with E-state index in [9.17, 15) is 14.0 Å². The molecule has 3 aromatic rings. The molecule has 0 saturated heterocycles. The number of thiazole rings is 1. The predicted molar refractivity (Wildman–Crippen MR) is 156 cm³/mol. The largest absolute Gasteiger partial charge is 0.493 e. The van der Waals surface area contributed by atoms with Crippen LogP contribution in [0.2, 0.25) is 5.02 Å². The van der Waals surface area contributed by atoms with E-state index in [2.05, 4.69) is 11.9 Å². The number of esters is 1. The highest BCUT2D eigenvalue weighted by molar-refractivity contribution is 7.07. The van der Waals surface area contributed by atoms with Crippen molar-refractivity contribution in [1.29, 1.82) is 0 Å². The van der Waals surface area contributed by atoms with Crippen molar-refractivity contribution in [1.82, 2.24) is 4.57 Å². The molecule has 0 fully saturated rings. The second-order valence-corrected chi connectivity index (χ2v) is 10.7. The molecule has 0 saturated carbocycles. The summed E-state index contributed by atoms with van der Waals surface area (Å²) in [5, 5.41) is 0.172. The van der Waals surface area contributed by atoms with Crippen LogP contribution in [0.15, 0.2) is 57.5 Å². The van der Waals surface area contributed by atoms with Gasteiger partial charge in [0.05, 0.1) is 47.2 Å². The number of nitrogens with zero attached hydrogens (tertiary/aromatic N) is 2. The minimum atomic E-state index is -0.887. The molecule has 1 aliphatic heterocycles. The van der Waals surface area contributed by atoms with Crippen molar-refractivity contribution in [2.75, 3.05) is 34.0 Å². The van der Waals surface area contributed by atoms with E-state index in [0.29, 0.717) is 34.2 Å². The Morgan fingerprint density at radius 3 is 2.66 bits per heavy atom. The maximum absolute atomic E-state index is 14.6. The number of halogens is 2. The number of benzene rings is 2. The Kier molecular flexibility index (Phi) is 10.4. The summed E-state index contributed by atoms with van der Waals surface area (Å²) in [6.07, 6.45) is 4.43. The molecule has 1 aliphatic rings. The number of allylic oxidation sites excluding steroid dienone is 1. The first-order valence-electron chi connectivity index (χ1n) is 13.2. The predicted octanol–water partition coefficient (Wildman–Crippen LogP) is 4.79. The summed E-state index contributed by atoms with van der Waals surface area (Å²) in [6, 6.07) is 8.72. The minimum absolute atomic E-state index is 0.0307. The van der Waals surface area contributed by atoms with E-state index in [0.717, 1.165) is 30.6 Å². The summed E-state index contributed by atoms with van der Waals surface area (Å²) in [6.45, 7) is 4.59. The van der Waals surface area contributed by atoms with Crippen LogP contribution in [0.25, 0.3) is 6.08 Å². The zero-order chi connectivity index (χ0) is 29.5. The minimum Gasteiger partial charge on any atom is -0.493 e. The highest BCUT2D eigenvalue weighted by Crippen LogP contribution is 2.36. The fourth-order valence-electron chi connectivity index (χ4n) is 4.48. The lowest BCUT2D eigenvalue weighted by Gasteiger charge is -2.25. The zero-order valence-electron chi connectivity index (χ0n) is 23.4. The van der Waals surface area contributed by atoms with Crippen molar-refractivity contribution >= 4 is 35.0 Å². The van der Waals surface area contributed by atoms with Gasteiger partial charge in [-0.15, -0.1) is 0 Å². The van der Waals surface area contributed by atoms with Crippen molar-refractivity contribution in [3.63, 3.8) is 0 Å². The van der Waals surface area contributed by atoms with E-state index in [4.69, 9.17) is 30.5 Å². The lowest BCUT2D eigenvalue weighted by atomic mass is 9.95. The fraction of sp³-hybridized carbons (Fsp3) is 0.367. The van der Waals surface area contributed by atoms with Gasteiger partial charge in [-0.1, -0.05) is 54.8 Å². The number of methoxy groups -OCH3 is 2. The summed E-state index contributed by atoms with van der Waals surface area (Å²) < 4.78 is 38.2. The molecule has 1 aromatic heterocycles. The van der Waals surface area contributed by atoms with Crippen LogP contribution in [0.3, 0.4) is 0 Å². The summed E-state index contributed by atoms with van der Waals surface area (Å²) in [7, 11) is 3.04. The van der Waals surface area contributed by atoms with Gasteiger partial charge in [0.15, 0.2) is 16.3 Å². The second kappa shape index (κ2) is 13.9.